The summed E-state index contributed by atoms with van der Waals surface area (Å²) >= 11 is 0. The maximum absolute atomic E-state index is 12.5. The molecule has 0 bridgehead atoms. The lowest BCUT2D eigenvalue weighted by atomic mass is 10.1. The lowest BCUT2D eigenvalue weighted by Gasteiger charge is -2.36. The van der Waals surface area contributed by atoms with E-state index in [1.165, 1.54) is 12.6 Å². The molecule has 5 heteroatoms. The number of para-hydroxylation sites is 1. The SMILES string of the molecule is CC(=O)Nc1ccc(CC(=O)N2CCN(c3ccccc3)CC2)cc1. The van der Waals surface area contributed by atoms with Crippen LogP contribution in [-0.4, -0.2) is 42.9 Å². The molecule has 130 valence electrons. The molecule has 1 heterocycles. The number of benzene rings is 2. The van der Waals surface area contributed by atoms with Gasteiger partial charge in [0.25, 0.3) is 0 Å². The zero-order chi connectivity index (χ0) is 17.6. The predicted molar refractivity (Wildman–Crippen MR) is 99.7 cm³/mol. The molecule has 1 N–H and O–H groups in total. The number of carbonyl (C=O) groups excluding carboxylic acids is 2. The molecular formula is C20H23N3O2. The van der Waals surface area contributed by atoms with Gasteiger partial charge >= 0.3 is 0 Å². The van der Waals surface area contributed by atoms with Gasteiger partial charge in [-0.25, -0.2) is 0 Å². The Morgan fingerprint density at radius 2 is 1.56 bits per heavy atom. The molecule has 2 aromatic carbocycles. The number of anilines is 2. The first kappa shape index (κ1) is 17.0. The summed E-state index contributed by atoms with van der Waals surface area (Å²) in [5.74, 6) is 0.0557. The van der Waals surface area contributed by atoms with Crippen LogP contribution in [0.4, 0.5) is 11.4 Å². The van der Waals surface area contributed by atoms with Gasteiger partial charge < -0.3 is 15.1 Å². The highest BCUT2D eigenvalue weighted by atomic mass is 16.2. The van der Waals surface area contributed by atoms with Crippen LogP contribution in [0.5, 0.6) is 0 Å². The summed E-state index contributed by atoms with van der Waals surface area (Å²) in [6.07, 6.45) is 0.395. The monoisotopic (exact) mass is 337 g/mol. The Hall–Kier alpha value is -2.82. The normalized spacial score (nSPS) is 14.3. The quantitative estimate of drug-likeness (QED) is 0.933. The first-order chi connectivity index (χ1) is 12.1. The van der Waals surface area contributed by atoms with Crippen LogP contribution in [0.3, 0.4) is 0 Å². The third-order valence-electron chi connectivity index (χ3n) is 4.38. The topological polar surface area (TPSA) is 52.7 Å². The Labute approximate surface area is 148 Å². The third-order valence-corrected chi connectivity index (χ3v) is 4.38. The molecule has 3 rings (SSSR count). The van der Waals surface area contributed by atoms with E-state index in [4.69, 9.17) is 0 Å². The summed E-state index contributed by atoms with van der Waals surface area (Å²) in [7, 11) is 0. The summed E-state index contributed by atoms with van der Waals surface area (Å²) in [4.78, 5) is 27.8. The highest BCUT2D eigenvalue weighted by Gasteiger charge is 2.21. The highest BCUT2D eigenvalue weighted by molar-refractivity contribution is 5.88. The maximum atomic E-state index is 12.5. The fraction of sp³-hybridized carbons (Fsp3) is 0.300. The molecule has 5 nitrogen and oxygen atoms in total. The largest absolute Gasteiger partial charge is 0.368 e. The van der Waals surface area contributed by atoms with E-state index in [0.29, 0.717) is 6.42 Å². The van der Waals surface area contributed by atoms with Gasteiger partial charge in [-0.3, -0.25) is 9.59 Å². The molecule has 0 aromatic heterocycles. The van der Waals surface area contributed by atoms with Crippen molar-refractivity contribution in [1.29, 1.82) is 0 Å². The summed E-state index contributed by atoms with van der Waals surface area (Å²) in [5.41, 5.74) is 2.92. The minimum absolute atomic E-state index is 0.0971. The average Bonchev–Trinajstić information content (AvgIpc) is 2.64. The standard InChI is InChI=1S/C20H23N3O2/c1-16(24)21-18-9-7-17(8-10-18)15-20(25)23-13-11-22(12-14-23)19-5-3-2-4-6-19/h2-10H,11-15H2,1H3,(H,21,24). The molecule has 1 fully saturated rings. The Morgan fingerprint density at radius 3 is 2.16 bits per heavy atom. The predicted octanol–water partition coefficient (Wildman–Crippen LogP) is 2.54. The van der Waals surface area contributed by atoms with Gasteiger partial charge in [0.05, 0.1) is 6.42 Å². The molecule has 2 amide bonds. The minimum Gasteiger partial charge on any atom is -0.368 e. The van der Waals surface area contributed by atoms with Gasteiger partial charge in [0, 0.05) is 44.5 Å². The van der Waals surface area contributed by atoms with Crippen LogP contribution in [-0.2, 0) is 16.0 Å². The van der Waals surface area contributed by atoms with E-state index in [1.54, 1.807) is 0 Å². The Balaban J connectivity index is 1.52. The second-order valence-corrected chi connectivity index (χ2v) is 6.26. The second kappa shape index (κ2) is 7.83. The van der Waals surface area contributed by atoms with Crippen LogP contribution in [0.1, 0.15) is 12.5 Å². The molecular weight excluding hydrogens is 314 g/mol. The Kier molecular flexibility index (Phi) is 5.33. The summed E-state index contributed by atoms with van der Waals surface area (Å²) < 4.78 is 0. The number of carbonyl (C=O) groups is 2. The number of rotatable bonds is 4. The van der Waals surface area contributed by atoms with Crippen LogP contribution < -0.4 is 10.2 Å². The molecule has 1 saturated heterocycles. The third kappa shape index (κ3) is 4.59. The highest BCUT2D eigenvalue weighted by Crippen LogP contribution is 2.16. The van der Waals surface area contributed by atoms with Crippen molar-refractivity contribution in [2.45, 2.75) is 13.3 Å². The van der Waals surface area contributed by atoms with E-state index in [-0.39, 0.29) is 11.8 Å². The zero-order valence-corrected chi connectivity index (χ0v) is 14.4. The summed E-state index contributed by atoms with van der Waals surface area (Å²) in [6.45, 7) is 4.69. The maximum Gasteiger partial charge on any atom is 0.227 e. The fourth-order valence-electron chi connectivity index (χ4n) is 3.05. The molecule has 0 spiro atoms. The Bertz CT molecular complexity index is 720. The number of amides is 2. The minimum atomic E-state index is -0.0971. The van der Waals surface area contributed by atoms with Gasteiger partial charge in [-0.1, -0.05) is 30.3 Å². The zero-order valence-electron chi connectivity index (χ0n) is 14.4. The van der Waals surface area contributed by atoms with Crippen LogP contribution in [0.15, 0.2) is 54.6 Å². The first-order valence-corrected chi connectivity index (χ1v) is 8.56. The molecule has 0 radical (unpaired) electrons. The van der Waals surface area contributed by atoms with Gasteiger partial charge in [0.15, 0.2) is 0 Å². The molecule has 0 atom stereocenters. The molecule has 25 heavy (non-hydrogen) atoms. The van der Waals surface area contributed by atoms with Gasteiger partial charge in [0.2, 0.25) is 11.8 Å². The Morgan fingerprint density at radius 1 is 0.920 bits per heavy atom. The molecule has 1 aliphatic rings. The van der Waals surface area contributed by atoms with Gasteiger partial charge in [-0.2, -0.15) is 0 Å². The van der Waals surface area contributed by atoms with Crippen molar-refractivity contribution < 1.29 is 9.59 Å². The van der Waals surface area contributed by atoms with Gasteiger partial charge in [0.1, 0.15) is 0 Å². The number of hydrogen-bond acceptors (Lipinski definition) is 3. The van der Waals surface area contributed by atoms with Crippen LogP contribution in [0.25, 0.3) is 0 Å². The number of hydrogen-bond donors (Lipinski definition) is 1. The van der Waals surface area contributed by atoms with Crippen molar-refractivity contribution in [1.82, 2.24) is 4.90 Å². The molecule has 0 saturated carbocycles. The van der Waals surface area contributed by atoms with Crippen molar-refractivity contribution in [2.75, 3.05) is 36.4 Å². The van der Waals surface area contributed by atoms with Crippen molar-refractivity contribution >= 4 is 23.2 Å². The van der Waals surface area contributed by atoms with E-state index >= 15 is 0 Å². The average molecular weight is 337 g/mol. The number of nitrogens with zero attached hydrogens (tertiary/aromatic N) is 2. The van der Waals surface area contributed by atoms with Crippen LogP contribution in [0, 0.1) is 0 Å². The van der Waals surface area contributed by atoms with Gasteiger partial charge in [-0.05, 0) is 29.8 Å². The summed E-state index contributed by atoms with van der Waals surface area (Å²) in [5, 5.41) is 2.73. The molecule has 0 unspecified atom stereocenters. The van der Waals surface area contributed by atoms with Crippen molar-refractivity contribution in [3.8, 4) is 0 Å². The van der Waals surface area contributed by atoms with Crippen molar-refractivity contribution in [3.63, 3.8) is 0 Å². The first-order valence-electron chi connectivity index (χ1n) is 8.56. The molecule has 1 aliphatic heterocycles. The molecule has 2 aromatic rings. The van der Waals surface area contributed by atoms with Gasteiger partial charge in [-0.15, -0.1) is 0 Å². The fourth-order valence-corrected chi connectivity index (χ4v) is 3.05. The van der Waals surface area contributed by atoms with E-state index in [9.17, 15) is 9.59 Å². The van der Waals surface area contributed by atoms with Crippen LogP contribution in [0.2, 0.25) is 0 Å². The van der Waals surface area contributed by atoms with Crippen LogP contribution >= 0.6 is 0 Å². The smallest absolute Gasteiger partial charge is 0.227 e. The lowest BCUT2D eigenvalue weighted by Crippen LogP contribution is -2.49. The molecule has 0 aliphatic carbocycles. The second-order valence-electron chi connectivity index (χ2n) is 6.26. The van der Waals surface area contributed by atoms with Crippen molar-refractivity contribution in [2.24, 2.45) is 0 Å². The number of piperazine rings is 1. The van der Waals surface area contributed by atoms with E-state index in [1.807, 2.05) is 47.4 Å². The van der Waals surface area contributed by atoms with E-state index in [2.05, 4.69) is 22.3 Å². The van der Waals surface area contributed by atoms with Crippen molar-refractivity contribution in [3.05, 3.63) is 60.2 Å². The van der Waals surface area contributed by atoms with E-state index in [0.717, 1.165) is 37.4 Å². The number of nitrogens with one attached hydrogen (secondary N) is 1. The lowest BCUT2D eigenvalue weighted by molar-refractivity contribution is -0.130. The van der Waals surface area contributed by atoms with E-state index < -0.39 is 0 Å². The summed E-state index contributed by atoms with van der Waals surface area (Å²) in [6, 6.07) is 17.7.